The Kier molecular flexibility index (Phi) is 6.31. The predicted molar refractivity (Wildman–Crippen MR) is 140 cm³/mol. The van der Waals surface area contributed by atoms with E-state index < -0.39 is 11.9 Å². The van der Waals surface area contributed by atoms with Crippen molar-refractivity contribution < 1.29 is 14.4 Å². The van der Waals surface area contributed by atoms with Crippen LogP contribution in [0, 0.1) is 6.92 Å². The smallest absolute Gasteiger partial charge is 0.329 e. The van der Waals surface area contributed by atoms with E-state index in [0.29, 0.717) is 5.02 Å². The molecule has 1 aliphatic rings. The largest absolute Gasteiger partial charge is 0.337 e. The van der Waals surface area contributed by atoms with Gasteiger partial charge in [-0.3, -0.25) is 14.5 Å². The number of nitrogens with one attached hydrogen (secondary N) is 2. The fourth-order valence-electron chi connectivity index (χ4n) is 4.24. The van der Waals surface area contributed by atoms with Crippen molar-refractivity contribution in [2.24, 2.45) is 0 Å². The van der Waals surface area contributed by atoms with Gasteiger partial charge in [-0.15, -0.1) is 0 Å². The lowest BCUT2D eigenvalue weighted by atomic mass is 10.1. The van der Waals surface area contributed by atoms with E-state index in [1.165, 1.54) is 0 Å². The number of rotatable bonds is 6. The van der Waals surface area contributed by atoms with Gasteiger partial charge in [-0.05, 0) is 54.5 Å². The van der Waals surface area contributed by atoms with Crippen LogP contribution in [-0.2, 0) is 22.7 Å². The van der Waals surface area contributed by atoms with Crippen molar-refractivity contribution in [3.63, 3.8) is 0 Å². The van der Waals surface area contributed by atoms with Crippen LogP contribution in [-0.4, -0.2) is 27.3 Å². The summed E-state index contributed by atoms with van der Waals surface area (Å²) in [6.45, 7) is 2.20. The molecule has 1 fully saturated rings. The highest BCUT2D eigenvalue weighted by atomic mass is 35.5. The number of halogens is 1. The fraction of sp³-hybridized carbons (Fsp3) is 0.107. The molecule has 0 radical (unpaired) electrons. The zero-order valence-corrected chi connectivity index (χ0v) is 20.3. The maximum Gasteiger partial charge on any atom is 0.329 e. The second kappa shape index (κ2) is 9.71. The maximum atomic E-state index is 13.0. The minimum Gasteiger partial charge on any atom is -0.337 e. The second-order valence-corrected chi connectivity index (χ2v) is 9.09. The van der Waals surface area contributed by atoms with Crippen molar-refractivity contribution in [3.05, 3.63) is 106 Å². The Morgan fingerprint density at radius 1 is 1.03 bits per heavy atom. The van der Waals surface area contributed by atoms with Crippen molar-refractivity contribution in [2.45, 2.75) is 20.0 Å². The number of aryl methyl sites for hydroxylation is 1. The van der Waals surface area contributed by atoms with Gasteiger partial charge in [-0.1, -0.05) is 54.1 Å². The highest BCUT2D eigenvalue weighted by Gasteiger charge is 2.33. The highest BCUT2D eigenvalue weighted by molar-refractivity contribution is 6.30. The first-order valence-corrected chi connectivity index (χ1v) is 11.8. The molecule has 1 saturated heterocycles. The minimum absolute atomic E-state index is 0.0978. The van der Waals surface area contributed by atoms with Gasteiger partial charge in [0, 0.05) is 33.4 Å². The van der Waals surface area contributed by atoms with Crippen LogP contribution < -0.4 is 10.6 Å². The van der Waals surface area contributed by atoms with Crippen molar-refractivity contribution >= 4 is 52.1 Å². The molecule has 36 heavy (non-hydrogen) atoms. The summed E-state index contributed by atoms with van der Waals surface area (Å²) in [5.74, 6) is -0.580. The molecular weight excluding hydrogens is 476 g/mol. The normalized spacial score (nSPS) is 14.5. The molecule has 4 amide bonds. The van der Waals surface area contributed by atoms with Crippen molar-refractivity contribution in [2.75, 3.05) is 5.32 Å². The number of anilines is 1. The Morgan fingerprint density at radius 3 is 2.58 bits per heavy atom. The lowest BCUT2D eigenvalue weighted by Crippen LogP contribution is -2.30. The highest BCUT2D eigenvalue weighted by Crippen LogP contribution is 2.25. The number of para-hydroxylation sites is 1. The van der Waals surface area contributed by atoms with Gasteiger partial charge in [-0.25, -0.2) is 4.79 Å². The van der Waals surface area contributed by atoms with Gasteiger partial charge in [0.25, 0.3) is 5.91 Å². The number of carbonyl (C=O) groups excluding carboxylic acids is 3. The number of aromatic nitrogens is 1. The summed E-state index contributed by atoms with van der Waals surface area (Å²) in [4.78, 5) is 39.5. The second-order valence-electron chi connectivity index (χ2n) is 8.65. The van der Waals surface area contributed by atoms with Crippen LogP contribution >= 0.6 is 11.6 Å². The van der Waals surface area contributed by atoms with Crippen LogP contribution in [0.3, 0.4) is 0 Å². The third-order valence-electron chi connectivity index (χ3n) is 5.95. The molecule has 5 rings (SSSR count). The summed E-state index contributed by atoms with van der Waals surface area (Å²) >= 11 is 5.93. The number of carbonyl (C=O) groups is 3. The molecule has 0 atom stereocenters. The molecule has 0 aliphatic carbocycles. The maximum absolute atomic E-state index is 13.0. The third-order valence-corrected chi connectivity index (χ3v) is 6.20. The summed E-state index contributed by atoms with van der Waals surface area (Å²) in [5.41, 5.74) is 4.34. The number of benzene rings is 3. The molecule has 0 bridgehead atoms. The number of imide groups is 1. The van der Waals surface area contributed by atoms with Crippen LogP contribution in [0.15, 0.2) is 84.7 Å². The van der Waals surface area contributed by atoms with Crippen molar-refractivity contribution in [1.29, 1.82) is 0 Å². The number of urea groups is 1. The topological polar surface area (TPSA) is 83.4 Å². The molecule has 3 aromatic carbocycles. The molecule has 2 heterocycles. The Morgan fingerprint density at radius 2 is 1.81 bits per heavy atom. The van der Waals surface area contributed by atoms with E-state index in [-0.39, 0.29) is 24.7 Å². The van der Waals surface area contributed by atoms with E-state index in [1.807, 2.05) is 66.2 Å². The molecule has 8 heteroatoms. The van der Waals surface area contributed by atoms with Crippen molar-refractivity contribution in [1.82, 2.24) is 14.8 Å². The fourth-order valence-corrected chi connectivity index (χ4v) is 4.37. The Labute approximate surface area is 213 Å². The van der Waals surface area contributed by atoms with E-state index in [9.17, 15) is 14.4 Å². The first-order valence-electron chi connectivity index (χ1n) is 11.4. The molecule has 180 valence electrons. The summed E-state index contributed by atoms with van der Waals surface area (Å²) in [7, 11) is 0. The van der Waals surface area contributed by atoms with Gasteiger partial charge in [0.2, 0.25) is 5.91 Å². The van der Waals surface area contributed by atoms with Gasteiger partial charge >= 0.3 is 6.03 Å². The Balaban J connectivity index is 1.39. The van der Waals surface area contributed by atoms with E-state index >= 15 is 0 Å². The number of amides is 4. The van der Waals surface area contributed by atoms with Crippen LogP contribution in [0.1, 0.15) is 16.7 Å². The van der Waals surface area contributed by atoms with Crippen LogP contribution in [0.5, 0.6) is 0 Å². The van der Waals surface area contributed by atoms with Gasteiger partial charge in [0.05, 0.1) is 6.54 Å². The molecular formula is C28H23ClN4O3. The third kappa shape index (κ3) is 4.87. The first-order chi connectivity index (χ1) is 17.4. The van der Waals surface area contributed by atoms with Gasteiger partial charge in [0.15, 0.2) is 0 Å². The van der Waals surface area contributed by atoms with Crippen LogP contribution in [0.4, 0.5) is 10.5 Å². The van der Waals surface area contributed by atoms with Gasteiger partial charge in [-0.2, -0.15) is 0 Å². The molecule has 1 aliphatic heterocycles. The van der Waals surface area contributed by atoms with Crippen molar-refractivity contribution in [3.8, 4) is 0 Å². The van der Waals surface area contributed by atoms with Gasteiger partial charge < -0.3 is 15.2 Å². The molecule has 4 aromatic rings. The van der Waals surface area contributed by atoms with E-state index in [2.05, 4.69) is 10.6 Å². The minimum atomic E-state index is -0.484. The standard InChI is InChI=1S/C28H23ClN4O3/c1-18-5-4-6-22(13-18)30-26(34)17-32-16-20(23-7-2-3-8-25(23)32)14-24-27(35)33(28(36)31-24)15-19-9-11-21(29)12-10-19/h2-14,16H,15,17H2,1H3,(H,30,34)(H,31,36)/b24-14-. The quantitative estimate of drug-likeness (QED) is 0.278. The number of nitrogens with zero attached hydrogens (tertiary/aromatic N) is 2. The molecule has 7 nitrogen and oxygen atoms in total. The average molecular weight is 499 g/mol. The Bertz CT molecular complexity index is 1520. The molecule has 0 spiro atoms. The average Bonchev–Trinajstić information content (AvgIpc) is 3.32. The zero-order chi connectivity index (χ0) is 25.2. The number of fused-ring (bicyclic) bond motifs is 1. The molecule has 1 aromatic heterocycles. The predicted octanol–water partition coefficient (Wildman–Crippen LogP) is 5.33. The number of hydrogen-bond donors (Lipinski definition) is 2. The number of hydrogen-bond acceptors (Lipinski definition) is 3. The lowest BCUT2D eigenvalue weighted by molar-refractivity contribution is -0.123. The lowest BCUT2D eigenvalue weighted by Gasteiger charge is -2.11. The van der Waals surface area contributed by atoms with Crippen LogP contribution in [0.25, 0.3) is 17.0 Å². The van der Waals surface area contributed by atoms with E-state index in [4.69, 9.17) is 11.6 Å². The summed E-state index contributed by atoms with van der Waals surface area (Å²) in [5, 5.41) is 7.04. The first kappa shape index (κ1) is 23.4. The van der Waals surface area contributed by atoms with E-state index in [1.54, 1.807) is 30.3 Å². The summed E-state index contributed by atoms with van der Waals surface area (Å²) < 4.78 is 1.83. The molecule has 2 N–H and O–H groups in total. The SMILES string of the molecule is Cc1cccc(NC(=O)Cn2cc(/C=C3\NC(=O)N(Cc4ccc(Cl)cc4)C3=O)c3ccccc32)c1. The monoisotopic (exact) mass is 498 g/mol. The Hall–Kier alpha value is -4.36. The summed E-state index contributed by atoms with van der Waals surface area (Å²) in [6, 6.07) is 21.7. The summed E-state index contributed by atoms with van der Waals surface area (Å²) in [6.07, 6.45) is 3.47. The van der Waals surface area contributed by atoms with Gasteiger partial charge in [0.1, 0.15) is 12.2 Å². The van der Waals surface area contributed by atoms with E-state index in [0.717, 1.165) is 38.2 Å². The molecule has 0 unspecified atom stereocenters. The molecule has 0 saturated carbocycles. The van der Waals surface area contributed by atoms with Crippen LogP contribution in [0.2, 0.25) is 5.02 Å². The zero-order valence-electron chi connectivity index (χ0n) is 19.5.